The molecule has 0 aliphatic carbocycles. The number of aromatic nitrogens is 3. The van der Waals surface area contributed by atoms with Gasteiger partial charge < -0.3 is 9.73 Å². The van der Waals surface area contributed by atoms with Crippen molar-refractivity contribution in [3.63, 3.8) is 0 Å². The summed E-state index contributed by atoms with van der Waals surface area (Å²) in [6.07, 6.45) is 3.07. The fourth-order valence-corrected chi connectivity index (χ4v) is 2.55. The van der Waals surface area contributed by atoms with Crippen LogP contribution in [-0.4, -0.2) is 20.9 Å². The van der Waals surface area contributed by atoms with Gasteiger partial charge in [-0.2, -0.15) is 5.10 Å². The van der Waals surface area contributed by atoms with Crippen molar-refractivity contribution >= 4 is 0 Å². The Kier molecular flexibility index (Phi) is 3.73. The third-order valence-corrected chi connectivity index (χ3v) is 3.60. The lowest BCUT2D eigenvalue weighted by Crippen LogP contribution is -2.27. The summed E-state index contributed by atoms with van der Waals surface area (Å²) in [4.78, 5) is 12.2. The third-order valence-electron chi connectivity index (χ3n) is 3.60. The summed E-state index contributed by atoms with van der Waals surface area (Å²) < 4.78 is 9.00. The number of hydrogen-bond acceptors (Lipinski definition) is 4. The molecule has 108 valence electrons. The molecule has 6 nitrogen and oxygen atoms in total. The number of fused-ring (bicyclic) bond motifs is 1. The molecule has 0 atom stereocenters. The Labute approximate surface area is 117 Å². The maximum absolute atomic E-state index is 12.2. The molecule has 0 bridgehead atoms. The summed E-state index contributed by atoms with van der Waals surface area (Å²) in [5.41, 5.74) is -0.0238. The van der Waals surface area contributed by atoms with Gasteiger partial charge in [0.25, 0.3) is 0 Å². The minimum absolute atomic E-state index is 0.0238. The zero-order valence-corrected chi connectivity index (χ0v) is 11.8. The van der Waals surface area contributed by atoms with Crippen molar-refractivity contribution < 1.29 is 4.42 Å². The molecular weight excluding hydrogens is 256 g/mol. The molecule has 0 amide bonds. The highest BCUT2D eigenvalue weighted by Crippen LogP contribution is 2.11. The van der Waals surface area contributed by atoms with Crippen molar-refractivity contribution in [2.24, 2.45) is 0 Å². The first-order chi connectivity index (χ1) is 9.78. The molecule has 20 heavy (non-hydrogen) atoms. The molecule has 1 N–H and O–H groups in total. The van der Waals surface area contributed by atoms with Gasteiger partial charge in [-0.05, 0) is 31.5 Å². The van der Waals surface area contributed by atoms with Crippen molar-refractivity contribution in [3.05, 3.63) is 40.0 Å². The predicted octanol–water partition coefficient (Wildman–Crippen LogP) is 1.13. The third kappa shape index (κ3) is 2.56. The van der Waals surface area contributed by atoms with E-state index in [4.69, 9.17) is 4.42 Å². The molecule has 3 rings (SSSR count). The summed E-state index contributed by atoms with van der Waals surface area (Å²) in [5, 5.41) is 7.62. The van der Waals surface area contributed by atoms with E-state index in [2.05, 4.69) is 17.3 Å². The second-order valence-electron chi connectivity index (χ2n) is 5.11. The van der Waals surface area contributed by atoms with Crippen LogP contribution in [0.3, 0.4) is 0 Å². The first-order valence-corrected chi connectivity index (χ1v) is 7.22. The van der Waals surface area contributed by atoms with Crippen molar-refractivity contribution in [2.45, 2.75) is 45.8 Å². The van der Waals surface area contributed by atoms with Crippen LogP contribution in [0.15, 0.2) is 21.3 Å². The zero-order valence-electron chi connectivity index (χ0n) is 11.8. The van der Waals surface area contributed by atoms with E-state index in [1.54, 1.807) is 4.57 Å². The van der Waals surface area contributed by atoms with Gasteiger partial charge in [0.15, 0.2) is 0 Å². The molecule has 0 radical (unpaired) electrons. The summed E-state index contributed by atoms with van der Waals surface area (Å²) in [5.74, 6) is 2.56. The second-order valence-corrected chi connectivity index (χ2v) is 5.11. The second kappa shape index (κ2) is 5.66. The number of hydrogen-bond donors (Lipinski definition) is 1. The van der Waals surface area contributed by atoms with E-state index < -0.39 is 0 Å². The SMILES string of the molecule is CCNCc1ccc(Cn2nc3n(c2=O)CCCC3)o1. The lowest BCUT2D eigenvalue weighted by atomic mass is 10.2. The van der Waals surface area contributed by atoms with E-state index in [1.807, 2.05) is 12.1 Å². The summed E-state index contributed by atoms with van der Waals surface area (Å²) in [6, 6.07) is 3.86. The molecule has 0 saturated carbocycles. The van der Waals surface area contributed by atoms with E-state index in [9.17, 15) is 4.79 Å². The van der Waals surface area contributed by atoms with Gasteiger partial charge in [0.05, 0.1) is 6.54 Å². The smallest absolute Gasteiger partial charge is 0.346 e. The Morgan fingerprint density at radius 2 is 2.20 bits per heavy atom. The van der Waals surface area contributed by atoms with E-state index in [-0.39, 0.29) is 5.69 Å². The molecule has 0 unspecified atom stereocenters. The Morgan fingerprint density at radius 3 is 3.00 bits per heavy atom. The lowest BCUT2D eigenvalue weighted by Gasteiger charge is -2.09. The number of rotatable bonds is 5. The monoisotopic (exact) mass is 276 g/mol. The van der Waals surface area contributed by atoms with Gasteiger partial charge in [0, 0.05) is 13.0 Å². The van der Waals surface area contributed by atoms with Gasteiger partial charge in [0.1, 0.15) is 23.9 Å². The van der Waals surface area contributed by atoms with Gasteiger partial charge in [-0.3, -0.25) is 4.57 Å². The molecule has 2 aromatic heterocycles. The maximum atomic E-state index is 12.2. The molecule has 2 aromatic rings. The summed E-state index contributed by atoms with van der Waals surface area (Å²) >= 11 is 0. The maximum Gasteiger partial charge on any atom is 0.346 e. The fraction of sp³-hybridized carbons (Fsp3) is 0.571. The van der Waals surface area contributed by atoms with Crippen LogP contribution in [0.4, 0.5) is 0 Å². The Bertz CT molecular complexity index is 638. The minimum atomic E-state index is -0.0238. The van der Waals surface area contributed by atoms with Gasteiger partial charge in [0.2, 0.25) is 0 Å². The van der Waals surface area contributed by atoms with Crippen LogP contribution in [-0.2, 0) is 26.1 Å². The van der Waals surface area contributed by atoms with Crippen molar-refractivity contribution in [2.75, 3.05) is 6.54 Å². The van der Waals surface area contributed by atoms with E-state index in [1.165, 1.54) is 4.68 Å². The molecule has 0 spiro atoms. The number of nitrogens with zero attached hydrogens (tertiary/aromatic N) is 3. The van der Waals surface area contributed by atoms with Crippen LogP contribution >= 0.6 is 0 Å². The Morgan fingerprint density at radius 1 is 1.35 bits per heavy atom. The molecule has 0 fully saturated rings. The van der Waals surface area contributed by atoms with Gasteiger partial charge in [-0.15, -0.1) is 0 Å². The van der Waals surface area contributed by atoms with Crippen LogP contribution in [0, 0.1) is 0 Å². The Balaban J connectivity index is 1.76. The highest BCUT2D eigenvalue weighted by molar-refractivity contribution is 5.07. The molecule has 0 saturated heterocycles. The first kappa shape index (κ1) is 13.2. The van der Waals surface area contributed by atoms with Crippen LogP contribution in [0.25, 0.3) is 0 Å². The predicted molar refractivity (Wildman–Crippen MR) is 74.6 cm³/mol. The van der Waals surface area contributed by atoms with Crippen molar-refractivity contribution in [1.29, 1.82) is 0 Å². The minimum Gasteiger partial charge on any atom is -0.463 e. The molecule has 1 aliphatic rings. The van der Waals surface area contributed by atoms with Gasteiger partial charge >= 0.3 is 5.69 Å². The van der Waals surface area contributed by atoms with Crippen molar-refractivity contribution in [1.82, 2.24) is 19.7 Å². The highest BCUT2D eigenvalue weighted by Gasteiger charge is 2.17. The average Bonchev–Trinajstić information content (AvgIpc) is 3.03. The van der Waals surface area contributed by atoms with Crippen LogP contribution in [0.5, 0.6) is 0 Å². The van der Waals surface area contributed by atoms with Crippen molar-refractivity contribution in [3.8, 4) is 0 Å². The van der Waals surface area contributed by atoms with Crippen LogP contribution in [0.2, 0.25) is 0 Å². The quantitative estimate of drug-likeness (QED) is 0.889. The normalized spacial score (nSPS) is 14.4. The lowest BCUT2D eigenvalue weighted by molar-refractivity contribution is 0.428. The highest BCUT2D eigenvalue weighted by atomic mass is 16.3. The topological polar surface area (TPSA) is 65.0 Å². The van der Waals surface area contributed by atoms with Gasteiger partial charge in [-0.25, -0.2) is 9.48 Å². The van der Waals surface area contributed by atoms with Gasteiger partial charge in [-0.1, -0.05) is 6.92 Å². The van der Waals surface area contributed by atoms with Crippen LogP contribution in [0.1, 0.15) is 37.1 Å². The standard InChI is InChI=1S/C14H20N4O2/c1-2-15-9-11-6-7-12(20-11)10-18-14(19)17-8-4-3-5-13(17)16-18/h6-7,15H,2-5,8-10H2,1H3. The van der Waals surface area contributed by atoms with E-state index >= 15 is 0 Å². The summed E-state index contributed by atoms with van der Waals surface area (Å²) in [6.45, 7) is 4.87. The number of aryl methyl sites for hydroxylation is 1. The first-order valence-electron chi connectivity index (χ1n) is 7.22. The molecule has 1 aliphatic heterocycles. The van der Waals surface area contributed by atoms with E-state index in [0.717, 1.165) is 49.7 Å². The largest absolute Gasteiger partial charge is 0.463 e. The molecule has 6 heteroatoms. The van der Waals surface area contributed by atoms with E-state index in [0.29, 0.717) is 13.1 Å². The van der Waals surface area contributed by atoms with Crippen LogP contribution < -0.4 is 11.0 Å². The Hall–Kier alpha value is -1.82. The molecular formula is C14H20N4O2. The number of furan rings is 1. The zero-order chi connectivity index (χ0) is 13.9. The molecule has 3 heterocycles. The number of nitrogens with one attached hydrogen (secondary N) is 1. The molecule has 0 aromatic carbocycles. The average molecular weight is 276 g/mol. The summed E-state index contributed by atoms with van der Waals surface area (Å²) in [7, 11) is 0. The fourth-order valence-electron chi connectivity index (χ4n) is 2.55.